The number of nitrogens with zero attached hydrogens (tertiary/aromatic N) is 4. The Balaban J connectivity index is 1.84. The zero-order chi connectivity index (χ0) is 17.2. The van der Waals surface area contributed by atoms with Crippen LogP contribution in [0.1, 0.15) is 35.8 Å². The molecule has 24 heavy (non-hydrogen) atoms. The van der Waals surface area contributed by atoms with Crippen molar-refractivity contribution in [2.75, 3.05) is 13.1 Å². The second kappa shape index (κ2) is 9.34. The lowest BCUT2D eigenvalue weighted by molar-refractivity contribution is -0.121. The van der Waals surface area contributed by atoms with E-state index in [1.54, 1.807) is 17.3 Å². The van der Waals surface area contributed by atoms with Crippen molar-refractivity contribution in [2.45, 2.75) is 26.3 Å². The molecule has 0 fully saturated rings. The van der Waals surface area contributed by atoms with Crippen molar-refractivity contribution in [3.8, 4) is 0 Å². The number of pyridine rings is 1. The minimum atomic E-state index is -0.204. The average Bonchev–Trinajstić information content (AvgIpc) is 2.64. The Kier molecular flexibility index (Phi) is 6.82. The van der Waals surface area contributed by atoms with Crippen molar-refractivity contribution in [3.05, 3.63) is 54.4 Å². The fourth-order valence-corrected chi connectivity index (χ4v) is 2.18. The molecule has 0 aromatic carbocycles. The predicted molar refractivity (Wildman–Crippen MR) is 88.9 cm³/mol. The molecular weight excluding hydrogens is 306 g/mol. The van der Waals surface area contributed by atoms with Gasteiger partial charge in [-0.25, -0.2) is 4.98 Å². The van der Waals surface area contributed by atoms with E-state index in [4.69, 9.17) is 0 Å². The largest absolute Gasteiger partial charge is 0.352 e. The summed E-state index contributed by atoms with van der Waals surface area (Å²) in [6, 6.07) is 3.72. The molecule has 0 unspecified atom stereocenters. The van der Waals surface area contributed by atoms with E-state index in [0.29, 0.717) is 25.3 Å². The number of nitrogens with one attached hydrogen (secondary N) is 1. The minimum Gasteiger partial charge on any atom is -0.352 e. The first-order valence-corrected chi connectivity index (χ1v) is 7.91. The summed E-state index contributed by atoms with van der Waals surface area (Å²) in [5.41, 5.74) is 1.23. The lowest BCUT2D eigenvalue weighted by Crippen LogP contribution is -2.36. The van der Waals surface area contributed by atoms with E-state index in [-0.39, 0.29) is 18.2 Å². The maximum atomic E-state index is 12.4. The molecule has 2 aromatic rings. The molecule has 0 spiro atoms. The molecule has 7 heteroatoms. The van der Waals surface area contributed by atoms with Crippen molar-refractivity contribution in [2.24, 2.45) is 0 Å². The zero-order valence-corrected chi connectivity index (χ0v) is 13.7. The van der Waals surface area contributed by atoms with Crippen LogP contribution in [-0.4, -0.2) is 44.8 Å². The number of hydrogen-bond donors (Lipinski definition) is 1. The van der Waals surface area contributed by atoms with Gasteiger partial charge in [-0.3, -0.25) is 19.6 Å². The highest BCUT2D eigenvalue weighted by atomic mass is 16.2. The number of aromatic nitrogens is 3. The van der Waals surface area contributed by atoms with Crippen LogP contribution in [0.25, 0.3) is 0 Å². The van der Waals surface area contributed by atoms with Gasteiger partial charge in [0.1, 0.15) is 5.69 Å². The van der Waals surface area contributed by atoms with E-state index >= 15 is 0 Å². The van der Waals surface area contributed by atoms with Gasteiger partial charge in [0.25, 0.3) is 5.91 Å². The predicted octanol–water partition coefficient (Wildman–Crippen LogP) is 1.43. The Labute approximate surface area is 141 Å². The SMILES string of the molecule is CCCN(CCC(=O)NCc1cccnc1)C(=O)c1cnccn1. The molecule has 2 amide bonds. The van der Waals surface area contributed by atoms with Gasteiger partial charge in [0.2, 0.25) is 5.91 Å². The molecule has 0 saturated heterocycles. The van der Waals surface area contributed by atoms with Gasteiger partial charge in [-0.1, -0.05) is 13.0 Å². The van der Waals surface area contributed by atoms with Gasteiger partial charge in [0, 0.05) is 50.8 Å². The summed E-state index contributed by atoms with van der Waals surface area (Å²) in [5, 5.41) is 2.83. The third-order valence-electron chi connectivity index (χ3n) is 3.38. The summed E-state index contributed by atoms with van der Waals surface area (Å²) < 4.78 is 0. The van der Waals surface area contributed by atoms with Crippen LogP contribution in [0.3, 0.4) is 0 Å². The molecule has 2 rings (SSSR count). The van der Waals surface area contributed by atoms with Crippen LogP contribution in [0.2, 0.25) is 0 Å². The summed E-state index contributed by atoms with van der Waals surface area (Å²) in [5.74, 6) is -0.308. The first-order valence-electron chi connectivity index (χ1n) is 7.91. The molecule has 2 heterocycles. The molecule has 0 saturated carbocycles. The van der Waals surface area contributed by atoms with Crippen molar-refractivity contribution >= 4 is 11.8 Å². The molecule has 1 N–H and O–H groups in total. The second-order valence-electron chi connectivity index (χ2n) is 5.27. The van der Waals surface area contributed by atoms with Crippen LogP contribution < -0.4 is 5.32 Å². The quantitative estimate of drug-likeness (QED) is 0.792. The van der Waals surface area contributed by atoms with Gasteiger partial charge in [-0.15, -0.1) is 0 Å². The van der Waals surface area contributed by atoms with Crippen molar-refractivity contribution in [1.29, 1.82) is 0 Å². The van der Waals surface area contributed by atoms with Crippen LogP contribution in [0.5, 0.6) is 0 Å². The van der Waals surface area contributed by atoms with Gasteiger partial charge >= 0.3 is 0 Å². The topological polar surface area (TPSA) is 88.1 Å². The van der Waals surface area contributed by atoms with E-state index in [1.165, 1.54) is 18.6 Å². The smallest absolute Gasteiger partial charge is 0.274 e. The summed E-state index contributed by atoms with van der Waals surface area (Å²) in [4.78, 5) is 38.0. The molecule has 0 aliphatic carbocycles. The minimum absolute atomic E-state index is 0.105. The Bertz CT molecular complexity index is 649. The highest BCUT2D eigenvalue weighted by molar-refractivity contribution is 5.92. The molecule has 0 radical (unpaired) electrons. The third kappa shape index (κ3) is 5.42. The summed E-state index contributed by atoms with van der Waals surface area (Å²) in [6.45, 7) is 3.34. The molecule has 0 aliphatic rings. The van der Waals surface area contributed by atoms with E-state index < -0.39 is 0 Å². The first kappa shape index (κ1) is 17.5. The van der Waals surface area contributed by atoms with Gasteiger partial charge in [-0.2, -0.15) is 0 Å². The highest BCUT2D eigenvalue weighted by Gasteiger charge is 2.17. The number of amides is 2. The van der Waals surface area contributed by atoms with Crippen LogP contribution in [0.4, 0.5) is 0 Å². The Morgan fingerprint density at radius 2 is 1.96 bits per heavy atom. The number of carbonyl (C=O) groups excluding carboxylic acids is 2. The van der Waals surface area contributed by atoms with Gasteiger partial charge in [0.05, 0.1) is 6.20 Å². The number of hydrogen-bond acceptors (Lipinski definition) is 5. The van der Waals surface area contributed by atoms with Crippen LogP contribution in [0.15, 0.2) is 43.1 Å². The standard InChI is InChI=1S/C17H21N5O2/c1-2-9-22(17(24)15-13-19-7-8-20-15)10-5-16(23)21-12-14-4-3-6-18-11-14/h3-4,6-8,11,13H,2,5,9-10,12H2,1H3,(H,21,23). The highest BCUT2D eigenvalue weighted by Crippen LogP contribution is 2.03. The van der Waals surface area contributed by atoms with E-state index in [2.05, 4.69) is 20.3 Å². The third-order valence-corrected chi connectivity index (χ3v) is 3.38. The van der Waals surface area contributed by atoms with E-state index in [1.807, 2.05) is 19.1 Å². The number of carbonyl (C=O) groups is 2. The molecule has 126 valence electrons. The molecule has 0 bridgehead atoms. The summed E-state index contributed by atoms with van der Waals surface area (Å²) in [7, 11) is 0. The van der Waals surface area contributed by atoms with Crippen molar-refractivity contribution < 1.29 is 9.59 Å². The van der Waals surface area contributed by atoms with Crippen molar-refractivity contribution in [1.82, 2.24) is 25.2 Å². The van der Waals surface area contributed by atoms with Crippen molar-refractivity contribution in [3.63, 3.8) is 0 Å². The van der Waals surface area contributed by atoms with Crippen LogP contribution >= 0.6 is 0 Å². The van der Waals surface area contributed by atoms with Gasteiger partial charge in [-0.05, 0) is 18.1 Å². The maximum Gasteiger partial charge on any atom is 0.274 e. The summed E-state index contributed by atoms with van der Waals surface area (Å²) in [6.07, 6.45) is 8.89. The van der Waals surface area contributed by atoms with Crippen LogP contribution in [0, 0.1) is 0 Å². The lowest BCUT2D eigenvalue weighted by Gasteiger charge is -2.21. The monoisotopic (exact) mass is 327 g/mol. The molecular formula is C17H21N5O2. The summed E-state index contributed by atoms with van der Waals surface area (Å²) >= 11 is 0. The fourth-order valence-electron chi connectivity index (χ4n) is 2.18. The molecule has 0 aliphatic heterocycles. The Hall–Kier alpha value is -2.83. The zero-order valence-electron chi connectivity index (χ0n) is 13.7. The normalized spacial score (nSPS) is 10.2. The fraction of sp³-hybridized carbons (Fsp3) is 0.353. The molecule has 2 aromatic heterocycles. The Morgan fingerprint density at radius 3 is 2.62 bits per heavy atom. The van der Waals surface area contributed by atoms with E-state index in [0.717, 1.165) is 12.0 Å². The average molecular weight is 327 g/mol. The first-order chi connectivity index (χ1) is 11.7. The van der Waals surface area contributed by atoms with E-state index in [9.17, 15) is 9.59 Å². The number of rotatable bonds is 8. The lowest BCUT2D eigenvalue weighted by atomic mass is 10.2. The maximum absolute atomic E-state index is 12.4. The van der Waals surface area contributed by atoms with Crippen LogP contribution in [-0.2, 0) is 11.3 Å². The Morgan fingerprint density at radius 1 is 1.12 bits per heavy atom. The molecule has 0 atom stereocenters. The second-order valence-corrected chi connectivity index (χ2v) is 5.27. The van der Waals surface area contributed by atoms with Gasteiger partial charge < -0.3 is 10.2 Å². The molecule has 7 nitrogen and oxygen atoms in total. The van der Waals surface area contributed by atoms with Gasteiger partial charge in [0.15, 0.2) is 0 Å².